The van der Waals surface area contributed by atoms with Gasteiger partial charge in [0.1, 0.15) is 0 Å². The van der Waals surface area contributed by atoms with Crippen molar-refractivity contribution in [2.75, 3.05) is 20.1 Å². The van der Waals surface area contributed by atoms with Crippen LogP contribution in [0.5, 0.6) is 0 Å². The van der Waals surface area contributed by atoms with Crippen LogP contribution >= 0.6 is 11.6 Å². The summed E-state index contributed by atoms with van der Waals surface area (Å²) in [6.07, 6.45) is 3.94. The molecule has 2 nitrogen and oxygen atoms in total. The average molecular weight is 309 g/mol. The Kier molecular flexibility index (Phi) is 6.09. The van der Waals surface area contributed by atoms with Crippen molar-refractivity contribution in [1.82, 2.24) is 10.2 Å². The first kappa shape index (κ1) is 16.8. The molecule has 1 saturated heterocycles. The zero-order chi connectivity index (χ0) is 15.4. The van der Waals surface area contributed by atoms with Crippen molar-refractivity contribution < 1.29 is 0 Å². The smallest absolute Gasteiger partial charge is 0.0408 e. The van der Waals surface area contributed by atoms with Gasteiger partial charge in [0.05, 0.1) is 0 Å². The Morgan fingerprint density at radius 1 is 1.33 bits per heavy atom. The Bertz CT molecular complexity index is 459. The first-order valence-corrected chi connectivity index (χ1v) is 8.58. The van der Waals surface area contributed by atoms with Crippen LogP contribution in [-0.2, 0) is 0 Å². The van der Waals surface area contributed by atoms with Gasteiger partial charge in [0.2, 0.25) is 0 Å². The van der Waals surface area contributed by atoms with Gasteiger partial charge >= 0.3 is 0 Å². The van der Waals surface area contributed by atoms with E-state index in [2.05, 4.69) is 50.2 Å². The number of hydrogen-bond acceptors (Lipinski definition) is 2. The van der Waals surface area contributed by atoms with Gasteiger partial charge in [-0.1, -0.05) is 24.1 Å². The van der Waals surface area contributed by atoms with Crippen molar-refractivity contribution in [1.29, 1.82) is 0 Å². The Morgan fingerprint density at radius 2 is 2.10 bits per heavy atom. The van der Waals surface area contributed by atoms with Crippen LogP contribution < -0.4 is 5.32 Å². The molecule has 0 bridgehead atoms. The summed E-state index contributed by atoms with van der Waals surface area (Å²) in [5.41, 5.74) is 2.77. The van der Waals surface area contributed by atoms with E-state index in [4.69, 9.17) is 11.6 Å². The van der Waals surface area contributed by atoms with Crippen LogP contribution in [0.2, 0.25) is 5.02 Å². The summed E-state index contributed by atoms with van der Waals surface area (Å²) in [4.78, 5) is 2.69. The van der Waals surface area contributed by atoms with E-state index in [0.717, 1.165) is 11.6 Å². The molecule has 0 spiro atoms. The number of rotatable bonds is 4. The third-order valence-electron chi connectivity index (χ3n) is 4.73. The van der Waals surface area contributed by atoms with Gasteiger partial charge in [0, 0.05) is 17.1 Å². The number of hydrogen-bond donors (Lipinski definition) is 1. The third-order valence-corrected chi connectivity index (χ3v) is 4.96. The standard InChI is InChI=1S/C18H29ClN2/c1-13(2)21-10-6-5-7-15(12-20-4)18(21)17-9-8-16(19)11-14(17)3/h8-9,11,13,15,18,20H,5-7,10,12H2,1-4H3. The molecule has 1 aliphatic heterocycles. The topological polar surface area (TPSA) is 15.3 Å². The fraction of sp³-hybridized carbons (Fsp3) is 0.667. The van der Waals surface area contributed by atoms with E-state index in [-0.39, 0.29) is 0 Å². The molecule has 2 atom stereocenters. The molecule has 1 N–H and O–H groups in total. The van der Waals surface area contributed by atoms with Gasteiger partial charge in [-0.2, -0.15) is 0 Å². The molecular weight excluding hydrogens is 280 g/mol. The largest absolute Gasteiger partial charge is 0.319 e. The minimum Gasteiger partial charge on any atom is -0.319 e. The maximum Gasteiger partial charge on any atom is 0.0408 e. The minimum absolute atomic E-state index is 0.497. The van der Waals surface area contributed by atoms with Crippen LogP contribution in [0.4, 0.5) is 0 Å². The zero-order valence-corrected chi connectivity index (χ0v) is 14.6. The highest BCUT2D eigenvalue weighted by molar-refractivity contribution is 6.30. The van der Waals surface area contributed by atoms with Crippen LogP contribution in [0.1, 0.15) is 50.3 Å². The molecule has 1 aliphatic rings. The van der Waals surface area contributed by atoms with Crippen LogP contribution in [0.3, 0.4) is 0 Å². The molecule has 0 aliphatic carbocycles. The van der Waals surface area contributed by atoms with Gasteiger partial charge in [-0.05, 0) is 82.9 Å². The molecular formula is C18H29ClN2. The maximum absolute atomic E-state index is 6.16. The van der Waals surface area contributed by atoms with E-state index in [0.29, 0.717) is 18.0 Å². The quantitative estimate of drug-likeness (QED) is 0.886. The number of halogens is 1. The molecule has 21 heavy (non-hydrogen) atoms. The Labute approximate surface area is 134 Å². The van der Waals surface area contributed by atoms with Gasteiger partial charge in [-0.3, -0.25) is 4.90 Å². The first-order valence-electron chi connectivity index (χ1n) is 8.21. The van der Waals surface area contributed by atoms with Gasteiger partial charge in [0.15, 0.2) is 0 Å². The summed E-state index contributed by atoms with van der Waals surface area (Å²) in [5.74, 6) is 0.666. The summed E-state index contributed by atoms with van der Waals surface area (Å²) < 4.78 is 0. The first-order chi connectivity index (χ1) is 10.0. The van der Waals surface area contributed by atoms with Crippen molar-refractivity contribution in [2.45, 2.75) is 52.1 Å². The second-order valence-electron chi connectivity index (χ2n) is 6.59. The number of likely N-dealkylation sites (tertiary alicyclic amines) is 1. The highest BCUT2D eigenvalue weighted by Crippen LogP contribution is 2.38. The minimum atomic E-state index is 0.497. The molecule has 118 valence electrons. The van der Waals surface area contributed by atoms with Gasteiger partial charge in [-0.15, -0.1) is 0 Å². The van der Waals surface area contributed by atoms with E-state index in [1.54, 1.807) is 0 Å². The highest BCUT2D eigenvalue weighted by atomic mass is 35.5. The highest BCUT2D eigenvalue weighted by Gasteiger charge is 2.32. The van der Waals surface area contributed by atoms with Crippen molar-refractivity contribution in [3.63, 3.8) is 0 Å². The average Bonchev–Trinajstić information content (AvgIpc) is 2.62. The van der Waals surface area contributed by atoms with E-state index >= 15 is 0 Å². The predicted molar refractivity (Wildman–Crippen MR) is 92.0 cm³/mol. The van der Waals surface area contributed by atoms with Gasteiger partial charge in [0.25, 0.3) is 0 Å². The molecule has 2 rings (SSSR count). The molecule has 0 aromatic heterocycles. The Balaban J connectivity index is 2.42. The fourth-order valence-electron chi connectivity index (χ4n) is 3.73. The second-order valence-corrected chi connectivity index (χ2v) is 7.03. The molecule has 1 heterocycles. The summed E-state index contributed by atoms with van der Waals surface area (Å²) in [7, 11) is 2.07. The van der Waals surface area contributed by atoms with E-state index in [1.807, 2.05) is 6.07 Å². The molecule has 0 saturated carbocycles. The van der Waals surface area contributed by atoms with Gasteiger partial charge < -0.3 is 5.32 Å². The van der Waals surface area contributed by atoms with Crippen LogP contribution in [0, 0.1) is 12.8 Å². The zero-order valence-electron chi connectivity index (χ0n) is 13.8. The van der Waals surface area contributed by atoms with E-state index in [9.17, 15) is 0 Å². The Morgan fingerprint density at radius 3 is 2.71 bits per heavy atom. The van der Waals surface area contributed by atoms with Crippen LogP contribution in [0.15, 0.2) is 18.2 Å². The number of aryl methyl sites for hydroxylation is 1. The lowest BCUT2D eigenvalue weighted by Gasteiger charge is -2.39. The SMILES string of the molecule is CNCC1CCCCN(C(C)C)C1c1ccc(Cl)cc1C. The third kappa shape index (κ3) is 4.00. The van der Waals surface area contributed by atoms with Crippen molar-refractivity contribution >= 4 is 11.6 Å². The van der Waals surface area contributed by atoms with Crippen molar-refractivity contribution in [3.05, 3.63) is 34.3 Å². The number of nitrogens with zero attached hydrogens (tertiary/aromatic N) is 1. The van der Waals surface area contributed by atoms with Crippen LogP contribution in [0.25, 0.3) is 0 Å². The Hall–Kier alpha value is -0.570. The molecule has 2 unspecified atom stereocenters. The maximum atomic E-state index is 6.16. The summed E-state index contributed by atoms with van der Waals surface area (Å²) in [6.45, 7) is 9.11. The van der Waals surface area contributed by atoms with E-state index < -0.39 is 0 Å². The fourth-order valence-corrected chi connectivity index (χ4v) is 3.95. The molecule has 1 aromatic carbocycles. The second kappa shape index (κ2) is 7.62. The lowest BCUT2D eigenvalue weighted by atomic mass is 9.86. The van der Waals surface area contributed by atoms with Crippen molar-refractivity contribution in [2.24, 2.45) is 5.92 Å². The molecule has 0 radical (unpaired) electrons. The lowest BCUT2D eigenvalue weighted by molar-refractivity contribution is 0.118. The van der Waals surface area contributed by atoms with Crippen LogP contribution in [-0.4, -0.2) is 31.1 Å². The van der Waals surface area contributed by atoms with Gasteiger partial charge in [-0.25, -0.2) is 0 Å². The number of nitrogens with one attached hydrogen (secondary N) is 1. The summed E-state index contributed by atoms with van der Waals surface area (Å²) >= 11 is 6.16. The normalized spacial score (nSPS) is 24.3. The summed E-state index contributed by atoms with van der Waals surface area (Å²) in [5, 5.41) is 4.24. The molecule has 3 heteroatoms. The monoisotopic (exact) mass is 308 g/mol. The molecule has 1 aromatic rings. The number of benzene rings is 1. The van der Waals surface area contributed by atoms with E-state index in [1.165, 1.54) is 36.9 Å². The van der Waals surface area contributed by atoms with Crippen molar-refractivity contribution in [3.8, 4) is 0 Å². The predicted octanol–water partition coefficient (Wildman–Crippen LogP) is 4.42. The molecule has 0 amide bonds. The molecule has 1 fully saturated rings. The lowest BCUT2D eigenvalue weighted by Crippen LogP contribution is -2.40. The summed E-state index contributed by atoms with van der Waals surface area (Å²) in [6, 6.07) is 7.46.